The average molecular weight is 452 g/mol. The SMILES string of the molecule is CN(C)c1ccc([C@H](CC(=O)O)c2nc(CCCc3ccc4c(n3)NCCC4)cs2)cn1. The zero-order valence-electron chi connectivity index (χ0n) is 18.5. The fourth-order valence-electron chi connectivity index (χ4n) is 3.95. The van der Waals surface area contributed by atoms with Crippen LogP contribution in [0.15, 0.2) is 35.8 Å². The number of thiazole rings is 1. The molecule has 0 aliphatic carbocycles. The van der Waals surface area contributed by atoms with E-state index in [-0.39, 0.29) is 12.3 Å². The van der Waals surface area contributed by atoms with E-state index in [0.717, 1.165) is 65.8 Å². The molecule has 3 aromatic rings. The number of nitrogens with one attached hydrogen (secondary N) is 1. The first-order chi connectivity index (χ1) is 15.5. The number of nitrogens with zero attached hydrogens (tertiary/aromatic N) is 4. The van der Waals surface area contributed by atoms with Crippen LogP contribution >= 0.6 is 11.3 Å². The molecule has 1 atom stereocenters. The summed E-state index contributed by atoms with van der Waals surface area (Å²) in [5.74, 6) is 0.752. The van der Waals surface area contributed by atoms with Crippen molar-refractivity contribution >= 4 is 28.9 Å². The highest BCUT2D eigenvalue weighted by atomic mass is 32.1. The molecule has 32 heavy (non-hydrogen) atoms. The molecule has 4 heterocycles. The van der Waals surface area contributed by atoms with Gasteiger partial charge >= 0.3 is 5.97 Å². The number of hydrogen-bond acceptors (Lipinski definition) is 7. The highest BCUT2D eigenvalue weighted by molar-refractivity contribution is 7.09. The summed E-state index contributed by atoms with van der Waals surface area (Å²) in [6, 6.07) is 8.19. The van der Waals surface area contributed by atoms with Crippen LogP contribution in [0, 0.1) is 0 Å². The van der Waals surface area contributed by atoms with E-state index in [9.17, 15) is 9.90 Å². The Balaban J connectivity index is 1.40. The van der Waals surface area contributed by atoms with Gasteiger partial charge in [0.25, 0.3) is 0 Å². The summed E-state index contributed by atoms with van der Waals surface area (Å²) < 4.78 is 0. The Bertz CT molecular complexity index is 1060. The molecule has 0 radical (unpaired) electrons. The number of aromatic nitrogens is 3. The number of hydrogen-bond donors (Lipinski definition) is 2. The fourth-order valence-corrected chi connectivity index (χ4v) is 4.93. The van der Waals surface area contributed by atoms with Crippen LogP contribution in [0.25, 0.3) is 0 Å². The summed E-state index contributed by atoms with van der Waals surface area (Å²) in [6.45, 7) is 0.996. The van der Waals surface area contributed by atoms with Crippen LogP contribution in [0.5, 0.6) is 0 Å². The number of carboxylic acids is 1. The van der Waals surface area contributed by atoms with E-state index >= 15 is 0 Å². The van der Waals surface area contributed by atoms with Gasteiger partial charge < -0.3 is 15.3 Å². The van der Waals surface area contributed by atoms with Gasteiger partial charge in [-0.2, -0.15) is 0 Å². The summed E-state index contributed by atoms with van der Waals surface area (Å²) in [6.07, 6.45) is 6.73. The number of aliphatic carboxylic acids is 1. The first-order valence-electron chi connectivity index (χ1n) is 11.0. The zero-order valence-corrected chi connectivity index (χ0v) is 19.4. The van der Waals surface area contributed by atoms with Gasteiger partial charge in [0.05, 0.1) is 12.1 Å². The van der Waals surface area contributed by atoms with Crippen molar-refractivity contribution in [3.63, 3.8) is 0 Å². The van der Waals surface area contributed by atoms with Gasteiger partial charge in [0.1, 0.15) is 16.6 Å². The lowest BCUT2D eigenvalue weighted by Crippen LogP contribution is -2.14. The van der Waals surface area contributed by atoms with Crippen LogP contribution in [-0.4, -0.2) is 46.7 Å². The standard InChI is InChI=1S/C24H29N5O2S/c1-29(2)21-11-9-17(14-26-21)20(13-22(30)31)24-28-19(15-32-24)7-3-6-18-10-8-16-5-4-12-25-23(16)27-18/h8-11,14-15,20H,3-7,12-13H2,1-2H3,(H,25,27)(H,30,31)/t20-/m0/s1. The minimum absolute atomic E-state index is 0.00197. The van der Waals surface area contributed by atoms with Crippen molar-refractivity contribution in [2.45, 2.75) is 44.4 Å². The molecule has 0 unspecified atom stereocenters. The van der Waals surface area contributed by atoms with Crippen LogP contribution < -0.4 is 10.2 Å². The lowest BCUT2D eigenvalue weighted by molar-refractivity contribution is -0.137. The third-order valence-corrected chi connectivity index (χ3v) is 6.70. The van der Waals surface area contributed by atoms with Crippen molar-refractivity contribution in [2.75, 3.05) is 30.9 Å². The monoisotopic (exact) mass is 451 g/mol. The van der Waals surface area contributed by atoms with Gasteiger partial charge in [-0.1, -0.05) is 12.1 Å². The molecule has 3 aromatic heterocycles. The minimum atomic E-state index is -0.837. The lowest BCUT2D eigenvalue weighted by Gasteiger charge is -2.17. The van der Waals surface area contributed by atoms with Crippen molar-refractivity contribution in [2.24, 2.45) is 0 Å². The lowest BCUT2D eigenvalue weighted by atomic mass is 9.98. The van der Waals surface area contributed by atoms with Crippen molar-refractivity contribution in [3.8, 4) is 0 Å². The number of rotatable bonds is 9. The van der Waals surface area contributed by atoms with Gasteiger partial charge in [-0.3, -0.25) is 4.79 Å². The summed E-state index contributed by atoms with van der Waals surface area (Å²) in [7, 11) is 3.86. The van der Waals surface area contributed by atoms with E-state index in [0.29, 0.717) is 0 Å². The zero-order chi connectivity index (χ0) is 22.5. The maximum absolute atomic E-state index is 11.5. The molecule has 0 bridgehead atoms. The van der Waals surface area contributed by atoms with E-state index in [4.69, 9.17) is 9.97 Å². The molecule has 0 fully saturated rings. The number of carboxylic acid groups (broad SMARTS) is 1. The summed E-state index contributed by atoms with van der Waals surface area (Å²) in [5, 5.41) is 15.7. The molecule has 0 spiro atoms. The molecule has 2 N–H and O–H groups in total. The smallest absolute Gasteiger partial charge is 0.304 e. The van der Waals surface area contributed by atoms with Crippen LogP contribution in [0.3, 0.4) is 0 Å². The summed E-state index contributed by atoms with van der Waals surface area (Å²) >= 11 is 1.53. The van der Waals surface area contributed by atoms with Crippen LogP contribution in [0.1, 0.15) is 52.7 Å². The topological polar surface area (TPSA) is 91.2 Å². The molecular formula is C24H29N5O2S. The van der Waals surface area contributed by atoms with Gasteiger partial charge in [-0.05, 0) is 55.4 Å². The van der Waals surface area contributed by atoms with E-state index < -0.39 is 5.97 Å². The molecule has 1 aliphatic rings. The Morgan fingerprint density at radius 1 is 1.19 bits per heavy atom. The molecule has 0 amide bonds. The Morgan fingerprint density at radius 2 is 2.03 bits per heavy atom. The second kappa shape index (κ2) is 10.1. The predicted molar refractivity (Wildman–Crippen MR) is 128 cm³/mol. The van der Waals surface area contributed by atoms with Crippen molar-refractivity contribution in [1.82, 2.24) is 15.0 Å². The number of pyridine rings is 2. The number of fused-ring (bicyclic) bond motifs is 1. The second-order valence-electron chi connectivity index (χ2n) is 8.37. The molecule has 7 nitrogen and oxygen atoms in total. The Kier molecular flexibility index (Phi) is 6.99. The quantitative estimate of drug-likeness (QED) is 0.505. The van der Waals surface area contributed by atoms with E-state index in [1.165, 1.54) is 23.3 Å². The first-order valence-corrected chi connectivity index (χ1v) is 11.9. The molecular weight excluding hydrogens is 422 g/mol. The Hall–Kier alpha value is -3.00. The fraction of sp³-hybridized carbons (Fsp3) is 0.417. The van der Waals surface area contributed by atoms with Crippen molar-refractivity contribution in [3.05, 3.63) is 63.4 Å². The molecule has 168 valence electrons. The molecule has 4 rings (SSSR count). The van der Waals surface area contributed by atoms with E-state index in [1.807, 2.05) is 36.5 Å². The van der Waals surface area contributed by atoms with Gasteiger partial charge in [-0.15, -0.1) is 11.3 Å². The van der Waals surface area contributed by atoms with Crippen LogP contribution in [-0.2, 0) is 24.1 Å². The maximum Gasteiger partial charge on any atom is 0.304 e. The van der Waals surface area contributed by atoms with Crippen LogP contribution in [0.4, 0.5) is 11.6 Å². The first kappa shape index (κ1) is 22.2. The van der Waals surface area contributed by atoms with E-state index in [2.05, 4.69) is 22.4 Å². The molecule has 0 saturated carbocycles. The molecule has 0 saturated heterocycles. The second-order valence-corrected chi connectivity index (χ2v) is 9.26. The highest BCUT2D eigenvalue weighted by Gasteiger charge is 2.22. The molecule has 1 aliphatic heterocycles. The number of anilines is 2. The van der Waals surface area contributed by atoms with Gasteiger partial charge in [-0.25, -0.2) is 15.0 Å². The van der Waals surface area contributed by atoms with Crippen molar-refractivity contribution < 1.29 is 9.90 Å². The Morgan fingerprint density at radius 3 is 2.78 bits per heavy atom. The normalized spacial score (nSPS) is 13.8. The summed E-state index contributed by atoms with van der Waals surface area (Å²) in [5.41, 5.74) is 4.30. The molecule has 0 aromatic carbocycles. The highest BCUT2D eigenvalue weighted by Crippen LogP contribution is 2.31. The number of carbonyl (C=O) groups is 1. The minimum Gasteiger partial charge on any atom is -0.481 e. The van der Waals surface area contributed by atoms with Gasteiger partial charge in [0, 0.05) is 43.8 Å². The maximum atomic E-state index is 11.5. The average Bonchev–Trinajstić information content (AvgIpc) is 3.26. The third-order valence-electron chi connectivity index (χ3n) is 5.70. The number of aryl methyl sites for hydroxylation is 3. The Labute approximate surface area is 192 Å². The molecule has 8 heteroatoms. The van der Waals surface area contributed by atoms with Crippen molar-refractivity contribution in [1.29, 1.82) is 0 Å². The third kappa shape index (κ3) is 5.43. The van der Waals surface area contributed by atoms with Crippen LogP contribution in [0.2, 0.25) is 0 Å². The van der Waals surface area contributed by atoms with Gasteiger partial charge in [0.2, 0.25) is 0 Å². The summed E-state index contributed by atoms with van der Waals surface area (Å²) in [4.78, 5) is 27.4. The van der Waals surface area contributed by atoms with E-state index in [1.54, 1.807) is 6.20 Å². The largest absolute Gasteiger partial charge is 0.481 e. The van der Waals surface area contributed by atoms with Gasteiger partial charge in [0.15, 0.2) is 0 Å². The predicted octanol–water partition coefficient (Wildman–Crippen LogP) is 4.14.